The van der Waals surface area contributed by atoms with Crippen LogP contribution in [0.2, 0.25) is 0 Å². The molecule has 2 aromatic carbocycles. The quantitative estimate of drug-likeness (QED) is 0.330. The van der Waals surface area contributed by atoms with Crippen molar-refractivity contribution in [3.05, 3.63) is 78.4 Å². The fourth-order valence-electron chi connectivity index (χ4n) is 2.75. The van der Waals surface area contributed by atoms with E-state index in [1.807, 2.05) is 16.7 Å². The van der Waals surface area contributed by atoms with Crippen LogP contribution >= 0.6 is 23.5 Å². The molecule has 0 atom stereocenters. The molecule has 9 heteroatoms. The smallest absolute Gasteiger partial charge is 0.234 e. The van der Waals surface area contributed by atoms with Crippen LogP contribution in [0.3, 0.4) is 0 Å². The van der Waals surface area contributed by atoms with Crippen molar-refractivity contribution in [1.82, 2.24) is 14.8 Å². The first-order chi connectivity index (χ1) is 15.1. The molecule has 6 nitrogen and oxygen atoms in total. The van der Waals surface area contributed by atoms with Crippen LogP contribution in [0.15, 0.2) is 66.3 Å². The van der Waals surface area contributed by atoms with Crippen molar-refractivity contribution in [1.29, 1.82) is 0 Å². The predicted octanol–water partition coefficient (Wildman–Crippen LogP) is 4.78. The van der Waals surface area contributed by atoms with E-state index in [1.54, 1.807) is 49.2 Å². The van der Waals surface area contributed by atoms with Crippen LogP contribution < -0.4 is 10.1 Å². The minimum Gasteiger partial charge on any atom is -0.495 e. The normalized spacial score (nSPS) is 10.6. The highest BCUT2D eigenvalue weighted by atomic mass is 32.2. The number of benzene rings is 2. The molecule has 162 valence electrons. The number of methoxy groups -OCH3 is 1. The summed E-state index contributed by atoms with van der Waals surface area (Å²) in [4.78, 5) is 12.4. The average molecular weight is 459 g/mol. The van der Waals surface area contributed by atoms with Crippen molar-refractivity contribution in [3.8, 4) is 5.75 Å². The molecular formula is C22H23FN4O2S2. The Balaban J connectivity index is 1.57. The number of thioether (sulfide) groups is 2. The number of hydrogen-bond donors (Lipinski definition) is 1. The lowest BCUT2D eigenvalue weighted by molar-refractivity contribution is -0.113. The lowest BCUT2D eigenvalue weighted by Crippen LogP contribution is -2.15. The third kappa shape index (κ3) is 6.60. The number of nitrogens with zero attached hydrogens (tertiary/aromatic N) is 3. The molecule has 0 aliphatic rings. The number of rotatable bonds is 11. The number of nitrogens with one attached hydrogen (secondary N) is 1. The Kier molecular flexibility index (Phi) is 8.54. The molecule has 31 heavy (non-hydrogen) atoms. The average Bonchev–Trinajstić information content (AvgIpc) is 3.16. The second-order valence-electron chi connectivity index (χ2n) is 6.45. The molecule has 0 saturated carbocycles. The number of carbonyl (C=O) groups is 1. The maximum Gasteiger partial charge on any atom is 0.234 e. The SMILES string of the molecule is C=CCn1c(CSCc2ccc(F)cc2)nnc1SCC(=O)Nc1ccccc1OC. The Hall–Kier alpha value is -2.78. The molecule has 1 heterocycles. The zero-order valence-corrected chi connectivity index (χ0v) is 18.7. The highest BCUT2D eigenvalue weighted by Crippen LogP contribution is 2.25. The van der Waals surface area contributed by atoms with E-state index >= 15 is 0 Å². The van der Waals surface area contributed by atoms with Gasteiger partial charge in [0.1, 0.15) is 17.4 Å². The lowest BCUT2D eigenvalue weighted by atomic mass is 10.2. The van der Waals surface area contributed by atoms with Crippen LogP contribution in [0, 0.1) is 5.82 Å². The molecule has 0 spiro atoms. The number of anilines is 1. The van der Waals surface area contributed by atoms with Crippen LogP contribution in [0.25, 0.3) is 0 Å². The monoisotopic (exact) mass is 458 g/mol. The number of ether oxygens (including phenoxy) is 1. The zero-order chi connectivity index (χ0) is 22.1. The van der Waals surface area contributed by atoms with Crippen molar-refractivity contribution in [2.75, 3.05) is 18.2 Å². The molecule has 0 unspecified atom stereocenters. The lowest BCUT2D eigenvalue weighted by Gasteiger charge is -2.10. The number of aromatic nitrogens is 3. The fourth-order valence-corrected chi connectivity index (χ4v) is 4.44. The predicted molar refractivity (Wildman–Crippen MR) is 124 cm³/mol. The summed E-state index contributed by atoms with van der Waals surface area (Å²) in [5, 5.41) is 12.0. The number of hydrogen-bond acceptors (Lipinski definition) is 6. The van der Waals surface area contributed by atoms with E-state index in [0.29, 0.717) is 28.9 Å². The summed E-state index contributed by atoms with van der Waals surface area (Å²) in [6, 6.07) is 13.7. The summed E-state index contributed by atoms with van der Waals surface area (Å²) < 4.78 is 20.2. The summed E-state index contributed by atoms with van der Waals surface area (Å²) in [5.41, 5.74) is 1.67. The molecule has 0 saturated heterocycles. The van der Waals surface area contributed by atoms with Gasteiger partial charge < -0.3 is 14.6 Å². The van der Waals surface area contributed by atoms with E-state index in [1.165, 1.54) is 23.9 Å². The Morgan fingerprint density at radius 2 is 1.97 bits per heavy atom. The Labute approximate surface area is 189 Å². The number of allylic oxidation sites excluding steroid dienone is 1. The van der Waals surface area contributed by atoms with Gasteiger partial charge in [0.15, 0.2) is 5.16 Å². The van der Waals surface area contributed by atoms with Crippen LogP contribution in [0.1, 0.15) is 11.4 Å². The van der Waals surface area contributed by atoms with Crippen molar-refractivity contribution >= 4 is 35.1 Å². The Bertz CT molecular complexity index is 1020. The first-order valence-corrected chi connectivity index (χ1v) is 11.7. The second-order valence-corrected chi connectivity index (χ2v) is 8.38. The Morgan fingerprint density at radius 1 is 1.19 bits per heavy atom. The third-order valence-electron chi connectivity index (χ3n) is 4.23. The maximum absolute atomic E-state index is 13.0. The first-order valence-electron chi connectivity index (χ1n) is 9.51. The zero-order valence-electron chi connectivity index (χ0n) is 17.1. The maximum atomic E-state index is 13.0. The number of amides is 1. The molecule has 0 aliphatic carbocycles. The summed E-state index contributed by atoms with van der Waals surface area (Å²) in [5.74, 6) is 2.59. The van der Waals surface area contributed by atoms with E-state index in [0.717, 1.165) is 17.1 Å². The van der Waals surface area contributed by atoms with Gasteiger partial charge in [0, 0.05) is 12.3 Å². The van der Waals surface area contributed by atoms with Crippen molar-refractivity contribution in [2.45, 2.75) is 23.2 Å². The van der Waals surface area contributed by atoms with Crippen molar-refractivity contribution in [3.63, 3.8) is 0 Å². The minimum absolute atomic E-state index is 0.158. The van der Waals surface area contributed by atoms with Crippen LogP contribution in [-0.2, 0) is 22.8 Å². The molecular weight excluding hydrogens is 435 g/mol. The van der Waals surface area contributed by atoms with Crippen molar-refractivity contribution < 1.29 is 13.9 Å². The van der Waals surface area contributed by atoms with Gasteiger partial charge >= 0.3 is 0 Å². The summed E-state index contributed by atoms with van der Waals surface area (Å²) in [6.45, 7) is 4.35. The summed E-state index contributed by atoms with van der Waals surface area (Å²) in [6.07, 6.45) is 1.77. The molecule has 3 rings (SSSR count). The van der Waals surface area contributed by atoms with E-state index in [2.05, 4.69) is 22.1 Å². The van der Waals surface area contributed by atoms with Gasteiger partial charge in [0.05, 0.1) is 24.3 Å². The van der Waals surface area contributed by atoms with E-state index in [9.17, 15) is 9.18 Å². The van der Waals surface area contributed by atoms with Gasteiger partial charge in [-0.2, -0.15) is 0 Å². The summed E-state index contributed by atoms with van der Waals surface area (Å²) >= 11 is 2.98. The molecule has 0 aliphatic heterocycles. The van der Waals surface area contributed by atoms with E-state index in [-0.39, 0.29) is 17.5 Å². The molecule has 0 fully saturated rings. The highest BCUT2D eigenvalue weighted by Gasteiger charge is 2.14. The standard InChI is InChI=1S/C22H23FN4O2S2/c1-3-12-27-20(14-30-13-16-8-10-17(23)11-9-16)25-26-22(27)31-15-21(28)24-18-6-4-5-7-19(18)29-2/h3-11H,1,12-15H2,2H3,(H,24,28). The van der Waals surface area contributed by atoms with E-state index < -0.39 is 0 Å². The molecule has 0 radical (unpaired) electrons. The molecule has 3 aromatic rings. The number of carbonyl (C=O) groups excluding carboxylic acids is 1. The van der Waals surface area contributed by atoms with Crippen LogP contribution in [0.5, 0.6) is 5.75 Å². The molecule has 0 bridgehead atoms. The van der Waals surface area contributed by atoms with Gasteiger partial charge in [-0.05, 0) is 29.8 Å². The molecule has 1 aromatic heterocycles. The number of para-hydroxylation sites is 2. The molecule has 1 amide bonds. The van der Waals surface area contributed by atoms with Gasteiger partial charge in [-0.25, -0.2) is 4.39 Å². The van der Waals surface area contributed by atoms with Gasteiger partial charge in [-0.3, -0.25) is 4.79 Å². The Morgan fingerprint density at radius 3 is 2.71 bits per heavy atom. The topological polar surface area (TPSA) is 69.0 Å². The minimum atomic E-state index is -0.240. The highest BCUT2D eigenvalue weighted by molar-refractivity contribution is 7.99. The second kappa shape index (κ2) is 11.6. The van der Waals surface area contributed by atoms with Gasteiger partial charge in [0.2, 0.25) is 5.91 Å². The van der Waals surface area contributed by atoms with Gasteiger partial charge in [-0.15, -0.1) is 28.5 Å². The fraction of sp³-hybridized carbons (Fsp3) is 0.227. The van der Waals surface area contributed by atoms with Crippen LogP contribution in [0.4, 0.5) is 10.1 Å². The molecule has 1 N–H and O–H groups in total. The summed E-state index contributed by atoms with van der Waals surface area (Å²) in [7, 11) is 1.56. The largest absolute Gasteiger partial charge is 0.495 e. The van der Waals surface area contributed by atoms with Crippen molar-refractivity contribution in [2.24, 2.45) is 0 Å². The van der Waals surface area contributed by atoms with E-state index in [4.69, 9.17) is 4.74 Å². The van der Waals surface area contributed by atoms with Crippen LogP contribution in [-0.4, -0.2) is 33.5 Å². The first kappa shape index (κ1) is 22.9. The van der Waals surface area contributed by atoms with Gasteiger partial charge in [0.25, 0.3) is 0 Å². The van der Waals surface area contributed by atoms with Gasteiger partial charge in [-0.1, -0.05) is 42.1 Å². The number of halogens is 1. The third-order valence-corrected chi connectivity index (χ3v) is 6.20.